The summed E-state index contributed by atoms with van der Waals surface area (Å²) in [5.41, 5.74) is 1.06. The Balaban J connectivity index is 2.05. The molecule has 0 bridgehead atoms. The quantitative estimate of drug-likeness (QED) is 0.834. The van der Waals surface area contributed by atoms with E-state index in [-0.39, 0.29) is 12.0 Å². The third kappa shape index (κ3) is 2.36. The van der Waals surface area contributed by atoms with Crippen molar-refractivity contribution in [3.05, 3.63) is 34.9 Å². The topological polar surface area (TPSA) is 49.3 Å². The first-order valence-electron chi connectivity index (χ1n) is 5.39. The van der Waals surface area contributed by atoms with Gasteiger partial charge in [-0.3, -0.25) is 4.79 Å². The van der Waals surface area contributed by atoms with E-state index in [4.69, 9.17) is 16.7 Å². The zero-order valence-electron chi connectivity index (χ0n) is 8.82. The number of carboxylic acid groups (broad SMARTS) is 1. The van der Waals surface area contributed by atoms with E-state index >= 15 is 0 Å². The van der Waals surface area contributed by atoms with Gasteiger partial charge in [0.2, 0.25) is 0 Å². The van der Waals surface area contributed by atoms with Gasteiger partial charge in [-0.1, -0.05) is 29.8 Å². The number of piperidine rings is 1. The number of rotatable bonds is 2. The van der Waals surface area contributed by atoms with E-state index in [1.165, 1.54) is 0 Å². The molecule has 2 N–H and O–H groups in total. The minimum atomic E-state index is -0.717. The maximum atomic E-state index is 10.8. The van der Waals surface area contributed by atoms with Crippen LogP contribution >= 0.6 is 11.6 Å². The van der Waals surface area contributed by atoms with Gasteiger partial charge in [-0.15, -0.1) is 0 Å². The van der Waals surface area contributed by atoms with Crippen molar-refractivity contribution >= 4 is 17.6 Å². The molecule has 2 rings (SSSR count). The Labute approximate surface area is 99.4 Å². The van der Waals surface area contributed by atoms with Crippen LogP contribution in [0.1, 0.15) is 24.4 Å². The van der Waals surface area contributed by atoms with Gasteiger partial charge in [0.15, 0.2) is 0 Å². The van der Waals surface area contributed by atoms with E-state index in [2.05, 4.69) is 5.32 Å². The molecular weight excluding hydrogens is 226 g/mol. The van der Waals surface area contributed by atoms with Crippen molar-refractivity contribution in [1.29, 1.82) is 0 Å². The number of nitrogens with one attached hydrogen (secondary N) is 1. The number of hydrogen-bond donors (Lipinski definition) is 2. The maximum absolute atomic E-state index is 10.8. The van der Waals surface area contributed by atoms with E-state index in [0.717, 1.165) is 17.0 Å². The van der Waals surface area contributed by atoms with Gasteiger partial charge in [0, 0.05) is 17.6 Å². The third-order valence-corrected chi connectivity index (χ3v) is 3.39. The summed E-state index contributed by atoms with van der Waals surface area (Å²) in [5, 5.41) is 12.9. The van der Waals surface area contributed by atoms with Gasteiger partial charge in [-0.2, -0.15) is 0 Å². The van der Waals surface area contributed by atoms with Crippen LogP contribution in [0.4, 0.5) is 0 Å². The van der Waals surface area contributed by atoms with Crippen molar-refractivity contribution < 1.29 is 9.90 Å². The average molecular weight is 240 g/mol. The van der Waals surface area contributed by atoms with E-state index < -0.39 is 5.97 Å². The summed E-state index contributed by atoms with van der Waals surface area (Å²) in [6.45, 7) is 0.519. The molecule has 2 atom stereocenters. The molecule has 1 aliphatic heterocycles. The second-order valence-electron chi connectivity index (χ2n) is 4.09. The first-order chi connectivity index (χ1) is 7.68. The Kier molecular flexibility index (Phi) is 3.46. The molecule has 3 nitrogen and oxygen atoms in total. The lowest BCUT2D eigenvalue weighted by atomic mass is 9.91. The molecule has 0 amide bonds. The van der Waals surface area contributed by atoms with Gasteiger partial charge in [0.25, 0.3) is 0 Å². The average Bonchev–Trinajstić information content (AvgIpc) is 2.30. The zero-order chi connectivity index (χ0) is 11.5. The Morgan fingerprint density at radius 1 is 1.38 bits per heavy atom. The van der Waals surface area contributed by atoms with Crippen LogP contribution in [0, 0.1) is 5.92 Å². The van der Waals surface area contributed by atoms with Crippen molar-refractivity contribution in [3.8, 4) is 0 Å². The van der Waals surface area contributed by atoms with Crippen LogP contribution in [-0.4, -0.2) is 17.6 Å². The molecule has 1 fully saturated rings. The van der Waals surface area contributed by atoms with Gasteiger partial charge in [-0.25, -0.2) is 0 Å². The summed E-state index contributed by atoms with van der Waals surface area (Å²) in [6.07, 6.45) is 1.53. The minimum absolute atomic E-state index is 0.185. The lowest BCUT2D eigenvalue weighted by Crippen LogP contribution is -2.36. The predicted octanol–water partition coefficient (Wildman–Crippen LogP) is 2.47. The number of hydrogen-bond acceptors (Lipinski definition) is 2. The summed E-state index contributed by atoms with van der Waals surface area (Å²) in [6, 6.07) is 7.88. The normalized spacial score (nSPS) is 25.3. The van der Waals surface area contributed by atoms with Gasteiger partial charge in [0.1, 0.15) is 0 Å². The standard InChI is InChI=1S/C12H14ClNO2/c13-10-4-2-1-3-9(10)11-6-5-8(7-14-11)12(15)16/h1-4,8,11,14H,5-7H2,(H,15,16). The SMILES string of the molecule is O=C(O)C1CCC(c2ccccc2Cl)NC1. The smallest absolute Gasteiger partial charge is 0.307 e. The van der Waals surface area contributed by atoms with Gasteiger partial charge < -0.3 is 10.4 Å². The first-order valence-corrected chi connectivity index (χ1v) is 5.77. The Hall–Kier alpha value is -1.06. The zero-order valence-corrected chi connectivity index (χ0v) is 9.57. The Bertz CT molecular complexity index is 386. The third-order valence-electron chi connectivity index (χ3n) is 3.04. The van der Waals surface area contributed by atoms with E-state index in [0.29, 0.717) is 13.0 Å². The first kappa shape index (κ1) is 11.4. The largest absolute Gasteiger partial charge is 0.481 e. The van der Waals surface area contributed by atoms with Crippen LogP contribution in [0.2, 0.25) is 5.02 Å². The van der Waals surface area contributed by atoms with Crippen molar-refractivity contribution in [3.63, 3.8) is 0 Å². The van der Waals surface area contributed by atoms with Crippen molar-refractivity contribution in [2.24, 2.45) is 5.92 Å². The molecule has 0 aliphatic carbocycles. The molecule has 1 saturated heterocycles. The maximum Gasteiger partial charge on any atom is 0.307 e. The number of benzene rings is 1. The Morgan fingerprint density at radius 2 is 2.12 bits per heavy atom. The van der Waals surface area contributed by atoms with Crippen LogP contribution in [-0.2, 0) is 4.79 Å². The molecule has 16 heavy (non-hydrogen) atoms. The van der Waals surface area contributed by atoms with Gasteiger partial charge in [-0.05, 0) is 24.5 Å². The predicted molar refractivity (Wildman–Crippen MR) is 62.6 cm³/mol. The molecule has 0 aromatic heterocycles. The number of carboxylic acids is 1. The molecule has 1 aliphatic rings. The van der Waals surface area contributed by atoms with Crippen LogP contribution in [0.15, 0.2) is 24.3 Å². The number of halogens is 1. The van der Waals surface area contributed by atoms with E-state index in [1.54, 1.807) is 0 Å². The van der Waals surface area contributed by atoms with Crippen LogP contribution in [0.3, 0.4) is 0 Å². The molecule has 1 heterocycles. The van der Waals surface area contributed by atoms with Gasteiger partial charge >= 0.3 is 5.97 Å². The van der Waals surface area contributed by atoms with Crippen LogP contribution in [0.5, 0.6) is 0 Å². The second-order valence-corrected chi connectivity index (χ2v) is 4.50. The molecule has 86 valence electrons. The van der Waals surface area contributed by atoms with Gasteiger partial charge in [0.05, 0.1) is 5.92 Å². The molecule has 0 radical (unpaired) electrons. The number of aliphatic carboxylic acids is 1. The van der Waals surface area contributed by atoms with Crippen molar-refractivity contribution in [2.45, 2.75) is 18.9 Å². The molecule has 1 aromatic carbocycles. The minimum Gasteiger partial charge on any atom is -0.481 e. The van der Waals surface area contributed by atoms with Crippen LogP contribution in [0.25, 0.3) is 0 Å². The molecule has 0 saturated carbocycles. The molecule has 2 unspecified atom stereocenters. The summed E-state index contributed by atoms with van der Waals surface area (Å²) in [5.74, 6) is -0.983. The Morgan fingerprint density at radius 3 is 2.69 bits per heavy atom. The fourth-order valence-corrected chi connectivity index (χ4v) is 2.36. The highest BCUT2D eigenvalue weighted by atomic mass is 35.5. The summed E-state index contributed by atoms with van der Waals surface area (Å²) in [4.78, 5) is 10.8. The molecular formula is C12H14ClNO2. The molecule has 4 heteroatoms. The summed E-state index contributed by atoms with van der Waals surface area (Å²) < 4.78 is 0. The van der Waals surface area contributed by atoms with Crippen molar-refractivity contribution in [2.75, 3.05) is 6.54 Å². The van der Waals surface area contributed by atoms with Crippen molar-refractivity contribution in [1.82, 2.24) is 5.32 Å². The highest BCUT2D eigenvalue weighted by Gasteiger charge is 2.26. The lowest BCUT2D eigenvalue weighted by molar-refractivity contribution is -0.142. The fourth-order valence-electron chi connectivity index (χ4n) is 2.09. The molecule has 0 spiro atoms. The summed E-state index contributed by atoms with van der Waals surface area (Å²) >= 11 is 6.10. The van der Waals surface area contributed by atoms with Crippen LogP contribution < -0.4 is 5.32 Å². The lowest BCUT2D eigenvalue weighted by Gasteiger charge is -2.28. The molecule has 1 aromatic rings. The summed E-state index contributed by atoms with van der Waals surface area (Å²) in [7, 11) is 0. The highest BCUT2D eigenvalue weighted by Crippen LogP contribution is 2.30. The van der Waals surface area contributed by atoms with E-state index in [1.807, 2.05) is 24.3 Å². The highest BCUT2D eigenvalue weighted by molar-refractivity contribution is 6.31. The fraction of sp³-hybridized carbons (Fsp3) is 0.417. The monoisotopic (exact) mass is 239 g/mol. The second kappa shape index (κ2) is 4.85. The number of carbonyl (C=O) groups is 1. The van der Waals surface area contributed by atoms with E-state index in [9.17, 15) is 4.79 Å².